The summed E-state index contributed by atoms with van der Waals surface area (Å²) in [6.07, 6.45) is 0. The van der Waals surface area contributed by atoms with Gasteiger partial charge in [0.25, 0.3) is 10.0 Å². The molecule has 0 aliphatic heterocycles. The topological polar surface area (TPSA) is 142 Å². The van der Waals surface area contributed by atoms with Crippen molar-refractivity contribution in [1.29, 1.82) is 0 Å². The molecule has 0 unspecified atom stereocenters. The molecule has 0 saturated carbocycles. The van der Waals surface area contributed by atoms with Crippen LogP contribution in [0.3, 0.4) is 0 Å². The van der Waals surface area contributed by atoms with Gasteiger partial charge in [-0.3, -0.25) is 9.29 Å². The van der Waals surface area contributed by atoms with E-state index in [2.05, 4.69) is 9.14 Å². The smallest absolute Gasteiger partial charge is 0.423 e. The van der Waals surface area contributed by atoms with Crippen molar-refractivity contribution in [2.75, 3.05) is 23.7 Å². The predicted octanol–water partition coefficient (Wildman–Crippen LogP) is 3.15. The molecule has 0 amide bonds. The maximum absolute atomic E-state index is 12.9. The quantitative estimate of drug-likeness (QED) is 0.270. The third-order valence-corrected chi connectivity index (χ3v) is 7.45. The fraction of sp³-hybridized carbons (Fsp3) is 0.172. The number of rotatable bonds is 5. The molecule has 1 aromatic heterocycles. The van der Waals surface area contributed by atoms with Gasteiger partial charge >= 0.3 is 18.5 Å². The molecular formula is C29H34BN3O7S. The summed E-state index contributed by atoms with van der Waals surface area (Å²) in [5, 5.41) is 20.4. The molecule has 4 aromatic carbocycles. The van der Waals surface area contributed by atoms with Crippen molar-refractivity contribution in [3.05, 3.63) is 106 Å². The minimum Gasteiger partial charge on any atom is -0.423 e. The zero-order chi connectivity index (χ0) is 28.3. The molecule has 5 aromatic rings. The van der Waals surface area contributed by atoms with Crippen molar-refractivity contribution in [2.45, 2.75) is 19.7 Å². The summed E-state index contributed by atoms with van der Waals surface area (Å²) >= 11 is 0. The van der Waals surface area contributed by atoms with Gasteiger partial charge in [-0.15, -0.1) is 0 Å². The van der Waals surface area contributed by atoms with E-state index in [1.165, 1.54) is 16.7 Å². The zero-order valence-electron chi connectivity index (χ0n) is 21.4. The number of hydrogen-bond acceptors (Lipinski definition) is 8. The second-order valence-electron chi connectivity index (χ2n) is 8.86. The molecular weight excluding hydrogens is 545 g/mol. The van der Waals surface area contributed by atoms with E-state index in [4.69, 9.17) is 0 Å². The van der Waals surface area contributed by atoms with E-state index in [1.54, 1.807) is 61.6 Å². The maximum Gasteiger partial charge on any atom is 0.488 e. The summed E-state index contributed by atoms with van der Waals surface area (Å²) < 4.78 is 34.1. The molecule has 12 heteroatoms. The Bertz CT molecular complexity index is 1880. The van der Waals surface area contributed by atoms with Crippen molar-refractivity contribution in [3.8, 4) is 0 Å². The molecule has 10 nitrogen and oxygen atoms in total. The Kier molecular flexibility index (Phi) is 10.7. The summed E-state index contributed by atoms with van der Waals surface area (Å²) in [7, 11) is -0.155. The van der Waals surface area contributed by atoms with Crippen LogP contribution >= 0.6 is 0 Å². The van der Waals surface area contributed by atoms with E-state index < -0.39 is 28.5 Å². The highest BCUT2D eigenvalue weighted by Crippen LogP contribution is 2.31. The number of hydrogen-bond donors (Lipinski definition) is 3. The molecule has 0 radical (unpaired) electrons. The first-order valence-corrected chi connectivity index (χ1v) is 13.2. The summed E-state index contributed by atoms with van der Waals surface area (Å²) in [5.74, 6) is -0.635. The van der Waals surface area contributed by atoms with E-state index in [1.807, 2.05) is 37.2 Å². The minimum absolute atomic E-state index is 0. The van der Waals surface area contributed by atoms with Crippen molar-refractivity contribution >= 4 is 55.7 Å². The summed E-state index contributed by atoms with van der Waals surface area (Å²) in [6.45, 7) is 0. The molecule has 0 fully saturated rings. The second-order valence-corrected chi connectivity index (χ2v) is 10.5. The second kappa shape index (κ2) is 13.3. The lowest BCUT2D eigenvalue weighted by molar-refractivity contribution is 0.425. The minimum atomic E-state index is -3.86. The largest absolute Gasteiger partial charge is 0.488 e. The number of benzene rings is 4. The molecule has 5 rings (SSSR count). The van der Waals surface area contributed by atoms with Crippen LogP contribution < -0.4 is 26.5 Å². The van der Waals surface area contributed by atoms with E-state index >= 15 is 0 Å². The monoisotopic (exact) mass is 579 g/mol. The number of aromatic nitrogens is 1. The third kappa shape index (κ3) is 7.04. The van der Waals surface area contributed by atoms with Crippen LogP contribution in [-0.4, -0.2) is 44.2 Å². The Morgan fingerprint density at radius 1 is 0.829 bits per heavy atom. The van der Waals surface area contributed by atoms with E-state index in [0.29, 0.717) is 16.3 Å². The van der Waals surface area contributed by atoms with E-state index in [9.17, 15) is 28.1 Å². The lowest BCUT2D eigenvalue weighted by atomic mass is 9.80. The van der Waals surface area contributed by atoms with Gasteiger partial charge in [-0.2, -0.15) is 0 Å². The lowest BCUT2D eigenvalue weighted by Crippen LogP contribution is -2.30. The molecule has 0 atom stereocenters. The first kappa shape index (κ1) is 32.8. The predicted molar refractivity (Wildman–Crippen MR) is 167 cm³/mol. The number of fused-ring (bicyclic) bond motifs is 2. The van der Waals surface area contributed by atoms with Crippen molar-refractivity contribution in [1.82, 2.24) is 4.57 Å². The lowest BCUT2D eigenvalue weighted by Gasteiger charge is -2.17. The first-order chi connectivity index (χ1) is 18.5. The number of nitrogens with one attached hydrogen (secondary N) is 1. The van der Waals surface area contributed by atoms with Gasteiger partial charge in [0.1, 0.15) is 0 Å². The Morgan fingerprint density at radius 2 is 1.44 bits per heavy atom. The van der Waals surface area contributed by atoms with Crippen LogP contribution in [0.15, 0.2) is 104 Å². The first-order valence-electron chi connectivity index (χ1n) is 11.8. The van der Waals surface area contributed by atoms with Crippen molar-refractivity contribution in [3.63, 3.8) is 0 Å². The van der Waals surface area contributed by atoms with Crippen LogP contribution in [0.25, 0.3) is 21.7 Å². The van der Waals surface area contributed by atoms with Gasteiger partial charge in [-0.25, -0.2) is 18.0 Å². The summed E-state index contributed by atoms with van der Waals surface area (Å²) in [6, 6.07) is 23.5. The summed E-state index contributed by atoms with van der Waals surface area (Å²) in [4.78, 5) is 24.3. The number of para-hydroxylation sites is 1. The highest BCUT2D eigenvalue weighted by molar-refractivity contribution is 7.93. The molecule has 3 N–H and O–H groups in total. The SMILES string of the molecule is C.C.CN(C)c1cccc2c(S(=O)(=O)Nc3cccc(B(O)O)c3)cccc12.Cn1c(=O)oc(=O)c2ccccc21. The Morgan fingerprint density at radius 3 is 2.12 bits per heavy atom. The number of nitrogens with zero attached hydrogens (tertiary/aromatic N) is 2. The van der Waals surface area contributed by atoms with E-state index in [-0.39, 0.29) is 30.9 Å². The van der Waals surface area contributed by atoms with Crippen molar-refractivity contribution < 1.29 is 22.9 Å². The molecule has 0 bridgehead atoms. The van der Waals surface area contributed by atoms with Gasteiger partial charge in [-0.1, -0.05) is 63.4 Å². The van der Waals surface area contributed by atoms with Crippen LogP contribution in [0.1, 0.15) is 14.9 Å². The zero-order valence-corrected chi connectivity index (χ0v) is 22.2. The molecule has 0 aliphatic carbocycles. The van der Waals surface area contributed by atoms with Gasteiger partial charge in [0, 0.05) is 43.3 Å². The Hall–Kier alpha value is -4.39. The molecule has 0 spiro atoms. The fourth-order valence-corrected chi connectivity index (χ4v) is 5.37. The van der Waals surface area contributed by atoms with Gasteiger partial charge in [0.15, 0.2) is 0 Å². The van der Waals surface area contributed by atoms with Gasteiger partial charge in [0.05, 0.1) is 15.8 Å². The fourth-order valence-electron chi connectivity index (χ4n) is 4.10. The summed E-state index contributed by atoms with van der Waals surface area (Å²) in [5.41, 5.74) is 1.39. The van der Waals surface area contributed by atoms with Crippen LogP contribution in [0.4, 0.5) is 11.4 Å². The molecule has 41 heavy (non-hydrogen) atoms. The van der Waals surface area contributed by atoms with Crippen molar-refractivity contribution in [2.24, 2.45) is 7.05 Å². The van der Waals surface area contributed by atoms with E-state index in [0.717, 1.165) is 11.1 Å². The average molecular weight is 579 g/mol. The molecule has 0 saturated heterocycles. The normalized spacial score (nSPS) is 10.6. The number of aryl methyl sites for hydroxylation is 1. The standard InChI is InChI=1S/C18H19BN2O4S.C9H7NO3.2CH4/c1-21(2)17-10-4-9-16-15(17)8-5-11-18(16)26(24,25)20-14-7-3-6-13(12-14)19(22)23;1-10-7-5-3-2-4-6(7)8(11)13-9(10)12;;/h3-12,20,22-23H,1-2H3;2-5H,1H3;2*1H4. The van der Waals surface area contributed by atoms with Gasteiger partial charge < -0.3 is 19.4 Å². The van der Waals surface area contributed by atoms with Crippen LogP contribution in [0.2, 0.25) is 0 Å². The highest BCUT2D eigenvalue weighted by Gasteiger charge is 2.20. The highest BCUT2D eigenvalue weighted by atomic mass is 32.2. The molecule has 1 heterocycles. The average Bonchev–Trinajstić information content (AvgIpc) is 2.91. The van der Waals surface area contributed by atoms with Crippen LogP contribution in [0, 0.1) is 0 Å². The third-order valence-electron chi connectivity index (χ3n) is 6.01. The van der Waals surface area contributed by atoms with Crippen LogP contribution in [0.5, 0.6) is 0 Å². The number of anilines is 2. The van der Waals surface area contributed by atoms with Crippen LogP contribution in [-0.2, 0) is 17.1 Å². The van der Waals surface area contributed by atoms with Gasteiger partial charge in [0.2, 0.25) is 0 Å². The Balaban J connectivity index is 0.000000331. The van der Waals surface area contributed by atoms with Gasteiger partial charge in [-0.05, 0) is 41.9 Å². The molecule has 0 aliphatic rings. The molecule has 216 valence electrons. The number of sulfonamides is 1. The maximum atomic E-state index is 12.9. The Labute approximate surface area is 239 Å².